The predicted octanol–water partition coefficient (Wildman–Crippen LogP) is 4.98. The molecule has 1 N–H and O–H groups in total. The molecule has 30 heavy (non-hydrogen) atoms. The number of H-pyrrole nitrogens is 1. The fraction of sp³-hybridized carbons (Fsp3) is 0.0870. The van der Waals surface area contributed by atoms with Crippen molar-refractivity contribution in [1.29, 1.82) is 0 Å². The summed E-state index contributed by atoms with van der Waals surface area (Å²) in [4.78, 5) is 0. The SMILES string of the molecule is S=c1[nH]nc(COc2ccccc2)n1N=Cc1cccc(OCc2ccccc2)c1. The van der Waals surface area contributed by atoms with Gasteiger partial charge < -0.3 is 9.47 Å². The maximum Gasteiger partial charge on any atom is 0.216 e. The van der Waals surface area contributed by atoms with Crippen LogP contribution in [-0.2, 0) is 13.2 Å². The molecule has 0 bridgehead atoms. The number of para-hydroxylation sites is 1. The van der Waals surface area contributed by atoms with E-state index in [2.05, 4.69) is 15.3 Å². The van der Waals surface area contributed by atoms with Crippen LogP contribution in [0.3, 0.4) is 0 Å². The molecule has 0 fully saturated rings. The van der Waals surface area contributed by atoms with Gasteiger partial charge in [0.1, 0.15) is 24.7 Å². The Hall–Kier alpha value is -3.71. The Morgan fingerprint density at radius 2 is 1.57 bits per heavy atom. The van der Waals surface area contributed by atoms with E-state index >= 15 is 0 Å². The molecular weight excluding hydrogens is 396 g/mol. The van der Waals surface area contributed by atoms with Crippen LogP contribution in [0, 0.1) is 4.77 Å². The van der Waals surface area contributed by atoms with Gasteiger partial charge in [-0.2, -0.15) is 14.9 Å². The first kappa shape index (κ1) is 19.6. The second kappa shape index (κ2) is 9.67. The van der Waals surface area contributed by atoms with E-state index in [1.54, 1.807) is 10.9 Å². The van der Waals surface area contributed by atoms with Gasteiger partial charge in [-0.25, -0.2) is 5.10 Å². The first-order chi connectivity index (χ1) is 14.8. The van der Waals surface area contributed by atoms with Gasteiger partial charge in [0.2, 0.25) is 4.77 Å². The topological polar surface area (TPSA) is 64.4 Å². The molecule has 0 atom stereocenters. The molecule has 6 nitrogen and oxygen atoms in total. The summed E-state index contributed by atoms with van der Waals surface area (Å²) in [7, 11) is 0. The lowest BCUT2D eigenvalue weighted by Crippen LogP contribution is -2.04. The van der Waals surface area contributed by atoms with E-state index in [4.69, 9.17) is 21.7 Å². The minimum absolute atomic E-state index is 0.245. The van der Waals surface area contributed by atoms with Crippen LogP contribution in [0.25, 0.3) is 0 Å². The number of hydrogen-bond acceptors (Lipinski definition) is 5. The molecular formula is C23H20N4O2S. The molecule has 0 saturated heterocycles. The monoisotopic (exact) mass is 416 g/mol. The van der Waals surface area contributed by atoms with Crippen molar-refractivity contribution in [3.63, 3.8) is 0 Å². The van der Waals surface area contributed by atoms with Gasteiger partial charge in [0, 0.05) is 0 Å². The molecule has 4 aromatic rings. The van der Waals surface area contributed by atoms with Gasteiger partial charge in [0.05, 0.1) is 6.21 Å². The third-order valence-corrected chi connectivity index (χ3v) is 4.52. The van der Waals surface area contributed by atoms with Crippen LogP contribution in [0.5, 0.6) is 11.5 Å². The summed E-state index contributed by atoms with van der Waals surface area (Å²) in [5.41, 5.74) is 2.00. The number of nitrogens with zero attached hydrogens (tertiary/aromatic N) is 3. The summed E-state index contributed by atoms with van der Waals surface area (Å²) >= 11 is 5.29. The van der Waals surface area contributed by atoms with Gasteiger partial charge in [0.25, 0.3) is 0 Å². The molecule has 0 aliphatic heterocycles. The fourth-order valence-electron chi connectivity index (χ4n) is 2.75. The van der Waals surface area contributed by atoms with E-state index in [1.165, 1.54) is 0 Å². The molecule has 4 rings (SSSR count). The summed E-state index contributed by atoms with van der Waals surface area (Å²) in [5, 5.41) is 11.4. The lowest BCUT2D eigenvalue weighted by Gasteiger charge is -2.07. The Morgan fingerprint density at radius 1 is 0.867 bits per heavy atom. The molecule has 0 amide bonds. The van der Waals surface area contributed by atoms with E-state index in [1.807, 2.05) is 84.9 Å². The van der Waals surface area contributed by atoms with Crippen molar-refractivity contribution in [1.82, 2.24) is 14.9 Å². The smallest absolute Gasteiger partial charge is 0.216 e. The van der Waals surface area contributed by atoms with E-state index < -0.39 is 0 Å². The number of hydrogen-bond donors (Lipinski definition) is 1. The van der Waals surface area contributed by atoms with Gasteiger partial charge in [-0.15, -0.1) is 0 Å². The number of aromatic nitrogens is 3. The van der Waals surface area contributed by atoms with Crippen molar-refractivity contribution < 1.29 is 9.47 Å². The maximum absolute atomic E-state index is 5.88. The number of rotatable bonds is 8. The summed E-state index contributed by atoms with van der Waals surface area (Å²) in [6.45, 7) is 0.754. The minimum Gasteiger partial charge on any atom is -0.489 e. The lowest BCUT2D eigenvalue weighted by molar-refractivity contribution is 0.290. The Labute approximate surface area is 179 Å². The Balaban J connectivity index is 1.43. The highest BCUT2D eigenvalue weighted by molar-refractivity contribution is 7.71. The highest BCUT2D eigenvalue weighted by atomic mass is 32.1. The Bertz CT molecular complexity index is 1170. The van der Waals surface area contributed by atoms with Crippen LogP contribution in [0.4, 0.5) is 0 Å². The number of nitrogens with one attached hydrogen (secondary N) is 1. The van der Waals surface area contributed by atoms with Crippen LogP contribution in [0.2, 0.25) is 0 Å². The third-order valence-electron chi connectivity index (χ3n) is 4.26. The second-order valence-corrected chi connectivity index (χ2v) is 6.84. The highest BCUT2D eigenvalue weighted by Crippen LogP contribution is 2.15. The van der Waals surface area contributed by atoms with Gasteiger partial charge in [-0.05, 0) is 47.6 Å². The van der Waals surface area contributed by atoms with Crippen LogP contribution in [-0.4, -0.2) is 21.1 Å². The lowest BCUT2D eigenvalue weighted by atomic mass is 10.2. The predicted molar refractivity (Wildman–Crippen MR) is 118 cm³/mol. The molecule has 0 aliphatic carbocycles. The Kier molecular flexibility index (Phi) is 6.31. The molecule has 0 spiro atoms. The van der Waals surface area contributed by atoms with Crippen LogP contribution < -0.4 is 9.47 Å². The number of aromatic amines is 1. The van der Waals surface area contributed by atoms with E-state index in [9.17, 15) is 0 Å². The minimum atomic E-state index is 0.245. The van der Waals surface area contributed by atoms with Gasteiger partial charge in [-0.3, -0.25) is 0 Å². The van der Waals surface area contributed by atoms with Crippen LogP contribution in [0.15, 0.2) is 90.0 Å². The molecule has 1 heterocycles. The summed E-state index contributed by atoms with van der Waals surface area (Å²) < 4.78 is 13.6. The average Bonchev–Trinajstić information content (AvgIpc) is 3.16. The zero-order chi connectivity index (χ0) is 20.6. The quantitative estimate of drug-likeness (QED) is 0.325. The van der Waals surface area contributed by atoms with Gasteiger partial charge in [0.15, 0.2) is 5.82 Å². The number of ether oxygens (including phenoxy) is 2. The van der Waals surface area contributed by atoms with E-state index in [0.29, 0.717) is 17.2 Å². The van der Waals surface area contributed by atoms with Crippen LogP contribution in [0.1, 0.15) is 17.0 Å². The van der Waals surface area contributed by atoms with Gasteiger partial charge >= 0.3 is 0 Å². The van der Waals surface area contributed by atoms with Crippen molar-refractivity contribution in [2.45, 2.75) is 13.2 Å². The Morgan fingerprint density at radius 3 is 2.37 bits per heavy atom. The summed E-state index contributed by atoms with van der Waals surface area (Å²) in [5.74, 6) is 2.10. The average molecular weight is 417 g/mol. The summed E-state index contributed by atoms with van der Waals surface area (Å²) in [6, 6.07) is 27.3. The summed E-state index contributed by atoms with van der Waals surface area (Å²) in [6.07, 6.45) is 1.71. The van der Waals surface area contributed by atoms with Crippen molar-refractivity contribution in [2.75, 3.05) is 0 Å². The van der Waals surface area contributed by atoms with Crippen LogP contribution >= 0.6 is 12.2 Å². The molecule has 150 valence electrons. The van der Waals surface area contributed by atoms with Crippen molar-refractivity contribution >= 4 is 18.4 Å². The normalized spacial score (nSPS) is 10.9. The first-order valence-corrected chi connectivity index (χ1v) is 9.84. The molecule has 3 aromatic carbocycles. The fourth-order valence-corrected chi connectivity index (χ4v) is 2.95. The highest BCUT2D eigenvalue weighted by Gasteiger charge is 2.06. The van der Waals surface area contributed by atoms with Crippen molar-refractivity contribution in [3.05, 3.63) is 107 Å². The molecule has 1 aromatic heterocycles. The second-order valence-electron chi connectivity index (χ2n) is 6.45. The molecule has 0 aliphatic rings. The van der Waals surface area contributed by atoms with E-state index in [0.717, 1.165) is 22.6 Å². The molecule has 0 saturated carbocycles. The molecule has 0 radical (unpaired) electrons. The third kappa shape index (κ3) is 5.21. The van der Waals surface area contributed by atoms with Gasteiger partial charge in [-0.1, -0.05) is 60.7 Å². The standard InChI is InChI=1S/C23H20N4O2S/c30-23-26-25-22(17-29-20-11-5-2-6-12-20)27(23)24-15-19-10-7-13-21(14-19)28-16-18-8-3-1-4-9-18/h1-15H,16-17H2,(H,26,30). The van der Waals surface area contributed by atoms with Crippen molar-refractivity contribution in [3.8, 4) is 11.5 Å². The largest absolute Gasteiger partial charge is 0.489 e. The molecule has 7 heteroatoms. The van der Waals surface area contributed by atoms with Crippen molar-refractivity contribution in [2.24, 2.45) is 5.10 Å². The maximum atomic E-state index is 5.88. The molecule has 0 unspecified atom stereocenters. The zero-order valence-electron chi connectivity index (χ0n) is 16.1. The first-order valence-electron chi connectivity index (χ1n) is 9.43. The number of benzene rings is 3. The zero-order valence-corrected chi connectivity index (χ0v) is 17.0. The van der Waals surface area contributed by atoms with E-state index in [-0.39, 0.29) is 6.61 Å².